The number of carboxylic acid groups (broad SMARTS) is 1. The molecule has 2 N–H and O–H groups in total. The minimum absolute atomic E-state index is 0.00888. The topological polar surface area (TPSA) is 79.5 Å². The van der Waals surface area contributed by atoms with E-state index in [1.807, 2.05) is 6.92 Å². The summed E-state index contributed by atoms with van der Waals surface area (Å²) in [5, 5.41) is 20.6. The van der Waals surface area contributed by atoms with E-state index in [4.69, 9.17) is 0 Å². The van der Waals surface area contributed by atoms with E-state index in [1.165, 1.54) is 0 Å². The van der Waals surface area contributed by atoms with Crippen molar-refractivity contribution in [1.82, 2.24) is 4.57 Å². The highest BCUT2D eigenvalue weighted by Crippen LogP contribution is 2.38. The van der Waals surface area contributed by atoms with Gasteiger partial charge in [-0.3, -0.25) is 4.79 Å². The number of carboxylic acids is 1. The molecule has 1 aliphatic rings. The molecule has 0 spiro atoms. The molecule has 5 nitrogen and oxygen atoms in total. The van der Waals surface area contributed by atoms with Gasteiger partial charge in [0.1, 0.15) is 11.4 Å². The number of hydrogen-bond donors (Lipinski definition) is 2. The zero-order chi connectivity index (χ0) is 17.4. The third kappa shape index (κ3) is 2.39. The van der Waals surface area contributed by atoms with Gasteiger partial charge in [-0.25, -0.2) is 4.79 Å². The molecular weight excluding hydrogens is 306 g/mol. The maximum Gasteiger partial charge on any atom is 0.352 e. The quantitative estimate of drug-likeness (QED) is 0.902. The van der Waals surface area contributed by atoms with E-state index < -0.39 is 11.4 Å². The number of nitrogens with zero attached hydrogens (tertiary/aromatic N) is 1. The van der Waals surface area contributed by atoms with E-state index in [0.717, 1.165) is 61.3 Å². The molecule has 0 amide bonds. The lowest BCUT2D eigenvalue weighted by molar-refractivity contribution is 0.0685. The van der Waals surface area contributed by atoms with Gasteiger partial charge in [0, 0.05) is 12.6 Å². The molecule has 0 radical (unpaired) electrons. The maximum absolute atomic E-state index is 12.6. The van der Waals surface area contributed by atoms with Crippen LogP contribution in [0.4, 0.5) is 0 Å². The Bertz CT molecular complexity index is 880. The summed E-state index contributed by atoms with van der Waals surface area (Å²) in [4.78, 5) is 24.2. The number of fused-ring (bicyclic) bond motifs is 3. The first-order valence-electron chi connectivity index (χ1n) is 8.67. The highest BCUT2D eigenvalue weighted by Gasteiger charge is 2.26. The van der Waals surface area contributed by atoms with Gasteiger partial charge in [0.2, 0.25) is 0 Å². The second-order valence-electron chi connectivity index (χ2n) is 6.41. The average Bonchev–Trinajstić information content (AvgIpc) is 2.57. The van der Waals surface area contributed by atoms with Crippen LogP contribution in [0.25, 0.3) is 10.9 Å². The molecule has 0 unspecified atom stereocenters. The molecule has 0 saturated heterocycles. The van der Waals surface area contributed by atoms with Crippen molar-refractivity contribution in [3.05, 3.63) is 38.7 Å². The van der Waals surface area contributed by atoms with E-state index in [2.05, 4.69) is 6.92 Å². The molecular formula is C19H23NO4. The van der Waals surface area contributed by atoms with Gasteiger partial charge in [-0.15, -0.1) is 0 Å². The number of pyridine rings is 1. The molecule has 128 valence electrons. The zero-order valence-electron chi connectivity index (χ0n) is 14.2. The molecule has 1 aromatic carbocycles. The summed E-state index contributed by atoms with van der Waals surface area (Å²) in [5.41, 5.74) is 3.26. The largest absolute Gasteiger partial charge is 0.507 e. The average molecular weight is 329 g/mol. The Morgan fingerprint density at radius 1 is 1.21 bits per heavy atom. The molecule has 1 aromatic heterocycles. The molecule has 0 saturated carbocycles. The number of carbonyl (C=O) groups is 1. The van der Waals surface area contributed by atoms with Crippen LogP contribution in [0.2, 0.25) is 0 Å². The Morgan fingerprint density at radius 3 is 2.46 bits per heavy atom. The second kappa shape index (κ2) is 6.30. The highest BCUT2D eigenvalue weighted by atomic mass is 16.4. The SMILES string of the molecule is CCCc1c2c(c3c(c1O)c(=O)cc(C(=O)O)n3CC)CCCC2. The molecule has 2 aromatic rings. The van der Waals surface area contributed by atoms with Gasteiger partial charge in [0.15, 0.2) is 5.43 Å². The predicted molar refractivity (Wildman–Crippen MR) is 93.1 cm³/mol. The zero-order valence-corrected chi connectivity index (χ0v) is 14.2. The van der Waals surface area contributed by atoms with Crippen molar-refractivity contribution in [2.45, 2.75) is 58.9 Å². The first kappa shape index (κ1) is 16.6. The number of aromatic hydroxyl groups is 1. The van der Waals surface area contributed by atoms with Crippen molar-refractivity contribution in [1.29, 1.82) is 0 Å². The standard InChI is InChI=1S/C19H23NO4/c1-3-7-13-11-8-5-6-9-12(11)17-16(18(13)22)15(21)10-14(19(23)24)20(17)4-2/h10,22H,3-9H2,1-2H3,(H,23,24). The number of benzene rings is 1. The van der Waals surface area contributed by atoms with Crippen LogP contribution in [-0.4, -0.2) is 20.7 Å². The molecule has 24 heavy (non-hydrogen) atoms. The lowest BCUT2D eigenvalue weighted by Crippen LogP contribution is -2.21. The fourth-order valence-electron chi connectivity index (χ4n) is 4.01. The third-order valence-electron chi connectivity index (χ3n) is 4.99. The first-order chi connectivity index (χ1) is 11.5. The molecule has 1 aliphatic carbocycles. The summed E-state index contributed by atoms with van der Waals surface area (Å²) in [6.07, 6.45) is 5.41. The number of hydrogen-bond acceptors (Lipinski definition) is 3. The lowest BCUT2D eigenvalue weighted by atomic mass is 9.84. The summed E-state index contributed by atoms with van der Waals surface area (Å²) in [6, 6.07) is 1.14. The number of rotatable bonds is 4. The van der Waals surface area contributed by atoms with Gasteiger partial charge in [-0.1, -0.05) is 13.3 Å². The van der Waals surface area contributed by atoms with Gasteiger partial charge < -0.3 is 14.8 Å². The van der Waals surface area contributed by atoms with Crippen LogP contribution in [0.5, 0.6) is 5.75 Å². The van der Waals surface area contributed by atoms with E-state index in [-0.39, 0.29) is 16.8 Å². The number of aryl methyl sites for hydroxylation is 2. The summed E-state index contributed by atoms with van der Waals surface area (Å²) in [7, 11) is 0. The minimum Gasteiger partial charge on any atom is -0.507 e. The van der Waals surface area contributed by atoms with E-state index in [1.54, 1.807) is 4.57 Å². The van der Waals surface area contributed by atoms with E-state index in [9.17, 15) is 19.8 Å². The fourth-order valence-corrected chi connectivity index (χ4v) is 4.01. The molecule has 0 fully saturated rings. The summed E-state index contributed by atoms with van der Waals surface area (Å²) in [6.45, 7) is 4.36. The van der Waals surface area contributed by atoms with Crippen molar-refractivity contribution in [2.75, 3.05) is 0 Å². The Hall–Kier alpha value is -2.30. The Kier molecular flexibility index (Phi) is 4.35. The Morgan fingerprint density at radius 2 is 1.88 bits per heavy atom. The minimum atomic E-state index is -1.11. The molecule has 5 heteroatoms. The fraction of sp³-hybridized carbons (Fsp3) is 0.474. The van der Waals surface area contributed by atoms with Crippen LogP contribution in [-0.2, 0) is 25.8 Å². The van der Waals surface area contributed by atoms with Crippen LogP contribution in [0.3, 0.4) is 0 Å². The molecule has 0 bridgehead atoms. The highest BCUT2D eigenvalue weighted by molar-refractivity contribution is 5.95. The maximum atomic E-state index is 12.6. The monoisotopic (exact) mass is 329 g/mol. The molecule has 3 rings (SSSR count). The van der Waals surface area contributed by atoms with Crippen LogP contribution in [0, 0.1) is 0 Å². The van der Waals surface area contributed by atoms with Crippen LogP contribution in [0.15, 0.2) is 10.9 Å². The number of aromatic nitrogens is 1. The van der Waals surface area contributed by atoms with Gasteiger partial charge >= 0.3 is 5.97 Å². The molecule has 0 atom stereocenters. The summed E-state index contributed by atoms with van der Waals surface area (Å²) in [5.74, 6) is -1.06. The van der Waals surface area contributed by atoms with Gasteiger partial charge in [-0.05, 0) is 55.7 Å². The normalized spacial score (nSPS) is 13.9. The second-order valence-corrected chi connectivity index (χ2v) is 6.41. The molecule has 0 aliphatic heterocycles. The number of phenolic OH excluding ortho intramolecular Hbond substituents is 1. The van der Waals surface area contributed by atoms with Crippen molar-refractivity contribution < 1.29 is 15.0 Å². The van der Waals surface area contributed by atoms with Crippen LogP contribution < -0.4 is 5.43 Å². The van der Waals surface area contributed by atoms with Gasteiger partial charge in [0.05, 0.1) is 10.9 Å². The van der Waals surface area contributed by atoms with Crippen molar-refractivity contribution >= 4 is 16.9 Å². The van der Waals surface area contributed by atoms with Gasteiger partial charge in [-0.2, -0.15) is 0 Å². The van der Waals surface area contributed by atoms with Crippen LogP contribution in [0.1, 0.15) is 60.3 Å². The third-order valence-corrected chi connectivity index (χ3v) is 4.99. The smallest absolute Gasteiger partial charge is 0.352 e. The van der Waals surface area contributed by atoms with Crippen LogP contribution >= 0.6 is 0 Å². The first-order valence-corrected chi connectivity index (χ1v) is 8.67. The van der Waals surface area contributed by atoms with Crippen molar-refractivity contribution in [3.8, 4) is 5.75 Å². The van der Waals surface area contributed by atoms with Crippen molar-refractivity contribution in [3.63, 3.8) is 0 Å². The summed E-state index contributed by atoms with van der Waals surface area (Å²) >= 11 is 0. The van der Waals surface area contributed by atoms with E-state index in [0.29, 0.717) is 12.1 Å². The predicted octanol–water partition coefficient (Wildman–Crippen LogP) is 3.26. The van der Waals surface area contributed by atoms with Crippen molar-refractivity contribution in [2.24, 2.45) is 0 Å². The number of phenols is 1. The Labute approximate surface area is 140 Å². The number of aromatic carboxylic acids is 1. The summed E-state index contributed by atoms with van der Waals surface area (Å²) < 4.78 is 1.67. The lowest BCUT2D eigenvalue weighted by Gasteiger charge is -2.25. The van der Waals surface area contributed by atoms with Gasteiger partial charge in [0.25, 0.3) is 0 Å². The Balaban J connectivity index is 2.54. The molecule has 1 heterocycles. The van der Waals surface area contributed by atoms with E-state index >= 15 is 0 Å².